The maximum Gasteiger partial charge on any atom is 0.308 e. The Morgan fingerprint density at radius 2 is 2.00 bits per heavy atom. The van der Waals surface area contributed by atoms with E-state index in [9.17, 15) is 4.79 Å². The SMILES string of the molecule is COCCC(=O)OCCC(C)OC. The Hall–Kier alpha value is -0.610. The second-order valence-corrected chi connectivity index (χ2v) is 2.80. The molecule has 0 spiro atoms. The Morgan fingerprint density at radius 1 is 1.31 bits per heavy atom. The second-order valence-electron chi connectivity index (χ2n) is 2.80. The quantitative estimate of drug-likeness (QED) is 0.562. The first kappa shape index (κ1) is 12.4. The summed E-state index contributed by atoms with van der Waals surface area (Å²) in [6, 6.07) is 0. The lowest BCUT2D eigenvalue weighted by Gasteiger charge is -2.09. The third-order valence-corrected chi connectivity index (χ3v) is 1.70. The van der Waals surface area contributed by atoms with Crippen molar-refractivity contribution in [2.45, 2.75) is 25.9 Å². The molecule has 0 heterocycles. The summed E-state index contributed by atoms with van der Waals surface area (Å²) in [6.07, 6.45) is 1.18. The molecule has 4 heteroatoms. The highest BCUT2D eigenvalue weighted by atomic mass is 16.5. The number of carbonyl (C=O) groups excluding carboxylic acids is 1. The Bertz CT molecular complexity index is 136. The normalized spacial score (nSPS) is 12.5. The topological polar surface area (TPSA) is 44.8 Å². The molecule has 1 unspecified atom stereocenters. The fourth-order valence-electron chi connectivity index (χ4n) is 0.714. The lowest BCUT2D eigenvalue weighted by atomic mass is 10.3. The highest BCUT2D eigenvalue weighted by Crippen LogP contribution is 1.96. The first-order valence-corrected chi connectivity index (χ1v) is 4.38. The number of rotatable bonds is 7. The van der Waals surface area contributed by atoms with Crippen molar-refractivity contribution in [1.82, 2.24) is 0 Å². The van der Waals surface area contributed by atoms with E-state index in [1.165, 1.54) is 0 Å². The van der Waals surface area contributed by atoms with E-state index in [1.54, 1.807) is 14.2 Å². The zero-order valence-electron chi connectivity index (χ0n) is 8.54. The first-order chi connectivity index (χ1) is 6.20. The molecule has 1 atom stereocenters. The van der Waals surface area contributed by atoms with Gasteiger partial charge in [0.05, 0.1) is 25.7 Å². The van der Waals surface area contributed by atoms with Gasteiger partial charge in [0, 0.05) is 20.6 Å². The van der Waals surface area contributed by atoms with Crippen molar-refractivity contribution < 1.29 is 19.0 Å². The van der Waals surface area contributed by atoms with Crippen LogP contribution in [0.4, 0.5) is 0 Å². The number of methoxy groups -OCH3 is 2. The Labute approximate surface area is 79.2 Å². The Morgan fingerprint density at radius 3 is 2.54 bits per heavy atom. The van der Waals surface area contributed by atoms with Gasteiger partial charge in [-0.2, -0.15) is 0 Å². The maximum absolute atomic E-state index is 10.9. The summed E-state index contributed by atoms with van der Waals surface area (Å²) in [5.74, 6) is -0.217. The third-order valence-electron chi connectivity index (χ3n) is 1.70. The van der Waals surface area contributed by atoms with E-state index in [0.29, 0.717) is 19.6 Å². The largest absolute Gasteiger partial charge is 0.466 e. The Kier molecular flexibility index (Phi) is 7.63. The summed E-state index contributed by atoms with van der Waals surface area (Å²) in [4.78, 5) is 10.9. The number of esters is 1. The number of hydrogen-bond acceptors (Lipinski definition) is 4. The smallest absolute Gasteiger partial charge is 0.308 e. The van der Waals surface area contributed by atoms with Crippen LogP contribution in [0.5, 0.6) is 0 Å². The van der Waals surface area contributed by atoms with Crippen molar-refractivity contribution in [2.24, 2.45) is 0 Å². The van der Waals surface area contributed by atoms with Crippen LogP contribution in [0, 0.1) is 0 Å². The van der Waals surface area contributed by atoms with Crippen molar-refractivity contribution >= 4 is 5.97 Å². The van der Waals surface area contributed by atoms with Gasteiger partial charge in [0.2, 0.25) is 0 Å². The molecule has 0 aliphatic heterocycles. The fraction of sp³-hybridized carbons (Fsp3) is 0.889. The van der Waals surface area contributed by atoms with Crippen LogP contribution in [0.25, 0.3) is 0 Å². The molecule has 0 aromatic rings. The van der Waals surface area contributed by atoms with Gasteiger partial charge < -0.3 is 14.2 Å². The first-order valence-electron chi connectivity index (χ1n) is 4.38. The summed E-state index contributed by atoms with van der Waals surface area (Å²) in [5.41, 5.74) is 0. The minimum absolute atomic E-state index is 0.134. The molecule has 0 fully saturated rings. The molecule has 0 saturated carbocycles. The molecule has 0 aromatic heterocycles. The lowest BCUT2D eigenvalue weighted by Crippen LogP contribution is -2.13. The number of hydrogen-bond donors (Lipinski definition) is 0. The van der Waals surface area contributed by atoms with Gasteiger partial charge in [-0.05, 0) is 6.92 Å². The molecule has 0 aliphatic carbocycles. The van der Waals surface area contributed by atoms with Crippen molar-refractivity contribution in [3.8, 4) is 0 Å². The zero-order chi connectivity index (χ0) is 10.1. The van der Waals surface area contributed by atoms with Crippen LogP contribution in [0.1, 0.15) is 19.8 Å². The molecular weight excluding hydrogens is 172 g/mol. The van der Waals surface area contributed by atoms with Crippen LogP contribution in [0.3, 0.4) is 0 Å². The van der Waals surface area contributed by atoms with E-state index in [4.69, 9.17) is 14.2 Å². The summed E-state index contributed by atoms with van der Waals surface area (Å²) in [6.45, 7) is 2.76. The van der Waals surface area contributed by atoms with Crippen molar-refractivity contribution in [3.05, 3.63) is 0 Å². The lowest BCUT2D eigenvalue weighted by molar-refractivity contribution is -0.145. The predicted octanol–water partition coefficient (Wildman–Crippen LogP) is 0.991. The van der Waals surface area contributed by atoms with E-state index in [2.05, 4.69) is 0 Å². The minimum Gasteiger partial charge on any atom is -0.466 e. The van der Waals surface area contributed by atoms with Crippen molar-refractivity contribution in [1.29, 1.82) is 0 Å². The fourth-order valence-corrected chi connectivity index (χ4v) is 0.714. The van der Waals surface area contributed by atoms with E-state index in [0.717, 1.165) is 6.42 Å². The monoisotopic (exact) mass is 190 g/mol. The van der Waals surface area contributed by atoms with Crippen LogP contribution >= 0.6 is 0 Å². The zero-order valence-corrected chi connectivity index (χ0v) is 8.54. The van der Waals surface area contributed by atoms with Crippen LogP contribution in [0.2, 0.25) is 0 Å². The summed E-state index contributed by atoms with van der Waals surface area (Å²) in [7, 11) is 3.19. The van der Waals surface area contributed by atoms with E-state index < -0.39 is 0 Å². The highest BCUT2D eigenvalue weighted by molar-refractivity contribution is 5.69. The average molecular weight is 190 g/mol. The molecule has 0 aromatic carbocycles. The van der Waals surface area contributed by atoms with E-state index in [1.807, 2.05) is 6.92 Å². The van der Waals surface area contributed by atoms with Gasteiger partial charge in [-0.1, -0.05) is 0 Å². The standard InChI is InChI=1S/C9H18O4/c1-8(12-3)4-7-13-9(10)5-6-11-2/h8H,4-7H2,1-3H3. The van der Waals surface area contributed by atoms with Crippen LogP contribution in [-0.2, 0) is 19.0 Å². The minimum atomic E-state index is -0.217. The van der Waals surface area contributed by atoms with Crippen molar-refractivity contribution in [3.63, 3.8) is 0 Å². The number of carbonyl (C=O) groups is 1. The van der Waals surface area contributed by atoms with Gasteiger partial charge in [0.1, 0.15) is 0 Å². The van der Waals surface area contributed by atoms with Gasteiger partial charge in [-0.15, -0.1) is 0 Å². The summed E-state index contributed by atoms with van der Waals surface area (Å²) >= 11 is 0. The second kappa shape index (κ2) is 8.01. The number of ether oxygens (including phenoxy) is 3. The molecule has 4 nitrogen and oxygen atoms in total. The molecule has 78 valence electrons. The van der Waals surface area contributed by atoms with Crippen LogP contribution in [-0.4, -0.2) is 39.5 Å². The van der Waals surface area contributed by atoms with E-state index in [-0.39, 0.29) is 12.1 Å². The highest BCUT2D eigenvalue weighted by Gasteiger charge is 2.04. The van der Waals surface area contributed by atoms with Gasteiger partial charge in [-0.3, -0.25) is 4.79 Å². The molecule has 0 N–H and O–H groups in total. The van der Waals surface area contributed by atoms with E-state index >= 15 is 0 Å². The molecular formula is C9H18O4. The van der Waals surface area contributed by atoms with Gasteiger partial charge in [0.25, 0.3) is 0 Å². The molecule has 0 amide bonds. The molecule has 0 saturated heterocycles. The maximum atomic E-state index is 10.9. The average Bonchev–Trinajstić information content (AvgIpc) is 2.14. The summed E-state index contributed by atoms with van der Waals surface area (Å²) < 4.78 is 14.7. The summed E-state index contributed by atoms with van der Waals surface area (Å²) in [5, 5.41) is 0. The molecule has 0 rings (SSSR count). The van der Waals surface area contributed by atoms with Crippen LogP contribution in [0.15, 0.2) is 0 Å². The third kappa shape index (κ3) is 7.74. The van der Waals surface area contributed by atoms with Gasteiger partial charge in [-0.25, -0.2) is 0 Å². The Balaban J connectivity index is 3.26. The predicted molar refractivity (Wildman–Crippen MR) is 48.5 cm³/mol. The van der Waals surface area contributed by atoms with Gasteiger partial charge in [0.15, 0.2) is 0 Å². The molecule has 13 heavy (non-hydrogen) atoms. The molecule has 0 radical (unpaired) electrons. The van der Waals surface area contributed by atoms with Crippen molar-refractivity contribution in [2.75, 3.05) is 27.4 Å². The van der Waals surface area contributed by atoms with Gasteiger partial charge >= 0.3 is 5.97 Å². The molecule has 0 bridgehead atoms. The van der Waals surface area contributed by atoms with Crippen LogP contribution < -0.4 is 0 Å². The molecule has 0 aliphatic rings.